The van der Waals surface area contributed by atoms with Gasteiger partial charge in [-0.2, -0.15) is 0 Å². The first-order chi connectivity index (χ1) is 34.0. The lowest BCUT2D eigenvalue weighted by molar-refractivity contribution is -0.143. The summed E-state index contributed by atoms with van der Waals surface area (Å²) >= 11 is 0. The largest absolute Gasteiger partial charge is 0.466 e. The van der Waals surface area contributed by atoms with Crippen molar-refractivity contribution < 1.29 is 24.5 Å². The second kappa shape index (κ2) is 59.2. The number of allylic oxidation sites excluding steroid dienone is 1. The first-order valence-corrected chi connectivity index (χ1v) is 31.5. The van der Waals surface area contributed by atoms with Gasteiger partial charge in [-0.3, -0.25) is 9.59 Å². The number of aliphatic hydroxyl groups excluding tert-OH is 2. The molecule has 410 valence electrons. The van der Waals surface area contributed by atoms with E-state index < -0.39 is 12.1 Å². The van der Waals surface area contributed by atoms with E-state index in [0.717, 1.165) is 38.5 Å². The molecule has 1 amide bonds. The minimum absolute atomic E-state index is 0.0198. The number of esters is 1. The zero-order valence-electron chi connectivity index (χ0n) is 46.8. The van der Waals surface area contributed by atoms with Crippen molar-refractivity contribution in [2.75, 3.05) is 13.2 Å². The van der Waals surface area contributed by atoms with Crippen LogP contribution in [0, 0.1) is 0 Å². The summed E-state index contributed by atoms with van der Waals surface area (Å²) in [4.78, 5) is 24.4. The van der Waals surface area contributed by atoms with Gasteiger partial charge >= 0.3 is 5.97 Å². The molecule has 0 radical (unpaired) electrons. The molecule has 69 heavy (non-hydrogen) atoms. The summed E-state index contributed by atoms with van der Waals surface area (Å²) in [5.74, 6) is -0.0439. The minimum atomic E-state index is -0.839. The van der Waals surface area contributed by atoms with E-state index in [0.29, 0.717) is 19.4 Å². The van der Waals surface area contributed by atoms with Crippen LogP contribution in [-0.4, -0.2) is 47.4 Å². The van der Waals surface area contributed by atoms with Crippen LogP contribution in [0.25, 0.3) is 0 Å². The Balaban J connectivity index is 3.32. The van der Waals surface area contributed by atoms with Gasteiger partial charge < -0.3 is 20.3 Å². The summed E-state index contributed by atoms with van der Waals surface area (Å²) in [6.07, 6.45) is 71.3. The Morgan fingerprint density at radius 3 is 0.986 bits per heavy atom. The topological polar surface area (TPSA) is 95.9 Å². The van der Waals surface area contributed by atoms with Crippen molar-refractivity contribution in [3.8, 4) is 0 Å². The summed E-state index contributed by atoms with van der Waals surface area (Å²) in [5, 5.41) is 23.0. The van der Waals surface area contributed by atoms with Gasteiger partial charge in [0.05, 0.1) is 25.4 Å². The number of unbranched alkanes of at least 4 members (excludes halogenated alkanes) is 48. The molecule has 2 atom stereocenters. The molecule has 0 spiro atoms. The minimum Gasteiger partial charge on any atom is -0.466 e. The Hall–Kier alpha value is -1.40. The molecule has 0 fully saturated rings. The van der Waals surface area contributed by atoms with Crippen molar-refractivity contribution in [2.45, 2.75) is 366 Å². The van der Waals surface area contributed by atoms with E-state index in [-0.39, 0.29) is 18.5 Å². The van der Waals surface area contributed by atoms with Crippen LogP contribution >= 0.6 is 0 Å². The monoisotopic (exact) mass is 974 g/mol. The van der Waals surface area contributed by atoms with E-state index in [1.807, 2.05) is 6.08 Å². The van der Waals surface area contributed by atoms with E-state index in [4.69, 9.17) is 4.74 Å². The standard InChI is InChI=1S/C63H123NO5/c1-3-5-7-9-11-13-35-39-43-47-51-55-61(66)60(59-65)64-62(67)56-52-48-44-40-37-33-31-29-27-25-23-21-19-17-15-16-18-20-22-24-26-28-30-32-34-38-42-46-50-54-58-69-63(68)57-53-49-45-41-36-14-12-10-8-6-4-2/h51,55,60-61,65-66H,3-50,52-54,56-59H2,1-2H3,(H,64,67)/b55-51+. The van der Waals surface area contributed by atoms with Crippen LogP contribution in [0.1, 0.15) is 354 Å². The highest BCUT2D eigenvalue weighted by molar-refractivity contribution is 5.76. The molecule has 6 nitrogen and oxygen atoms in total. The molecule has 2 unspecified atom stereocenters. The predicted octanol–water partition coefficient (Wildman–Crippen LogP) is 19.6. The van der Waals surface area contributed by atoms with Crippen LogP contribution < -0.4 is 5.32 Å². The third-order valence-corrected chi connectivity index (χ3v) is 14.8. The number of hydrogen-bond donors (Lipinski definition) is 3. The summed E-state index contributed by atoms with van der Waals surface area (Å²) in [5.41, 5.74) is 0. The number of carbonyl (C=O) groups excluding carboxylic acids is 2. The van der Waals surface area contributed by atoms with Crippen molar-refractivity contribution in [2.24, 2.45) is 0 Å². The number of nitrogens with one attached hydrogen (secondary N) is 1. The van der Waals surface area contributed by atoms with Gasteiger partial charge in [0, 0.05) is 12.8 Å². The molecule has 0 bridgehead atoms. The van der Waals surface area contributed by atoms with Gasteiger partial charge in [0.15, 0.2) is 0 Å². The SMILES string of the molecule is CCCCCCCCCCC/C=C/C(O)C(CO)NC(=O)CCCCCCCCCCCCCCCCCCCCCCCCCCCCCCCCOC(=O)CCCCCCCCCCCCC. The van der Waals surface area contributed by atoms with Crippen molar-refractivity contribution in [3.63, 3.8) is 0 Å². The Kier molecular flexibility index (Phi) is 58.0. The Morgan fingerprint density at radius 2 is 0.667 bits per heavy atom. The lowest BCUT2D eigenvalue weighted by Gasteiger charge is -2.20. The summed E-state index contributed by atoms with van der Waals surface area (Å²) in [6.45, 7) is 4.91. The highest BCUT2D eigenvalue weighted by Crippen LogP contribution is 2.18. The van der Waals surface area contributed by atoms with Gasteiger partial charge in [0.25, 0.3) is 0 Å². The number of ether oxygens (including phenoxy) is 1. The first-order valence-electron chi connectivity index (χ1n) is 31.5. The average Bonchev–Trinajstić information content (AvgIpc) is 3.35. The molecular weight excluding hydrogens is 851 g/mol. The molecule has 0 aromatic carbocycles. The normalized spacial score (nSPS) is 12.6. The first kappa shape index (κ1) is 67.6. The van der Waals surface area contributed by atoms with E-state index in [1.165, 1.54) is 289 Å². The van der Waals surface area contributed by atoms with Gasteiger partial charge in [-0.1, -0.05) is 321 Å². The molecule has 6 heteroatoms. The average molecular weight is 975 g/mol. The molecule has 0 rings (SSSR count). The number of carbonyl (C=O) groups is 2. The Morgan fingerprint density at radius 1 is 0.391 bits per heavy atom. The molecule has 0 saturated carbocycles. The van der Waals surface area contributed by atoms with Crippen molar-refractivity contribution in [1.82, 2.24) is 5.32 Å². The maximum atomic E-state index is 12.4. The number of amides is 1. The van der Waals surface area contributed by atoms with Gasteiger partial charge in [0.1, 0.15) is 0 Å². The van der Waals surface area contributed by atoms with Crippen LogP contribution in [-0.2, 0) is 14.3 Å². The fraction of sp³-hybridized carbons (Fsp3) is 0.937. The molecular formula is C63H123NO5. The molecule has 0 heterocycles. The quantitative estimate of drug-likeness (QED) is 0.0321. The van der Waals surface area contributed by atoms with Crippen molar-refractivity contribution >= 4 is 11.9 Å². The predicted molar refractivity (Wildman–Crippen MR) is 301 cm³/mol. The highest BCUT2D eigenvalue weighted by atomic mass is 16.5. The molecule has 0 saturated heterocycles. The van der Waals surface area contributed by atoms with Gasteiger partial charge in [0.2, 0.25) is 5.91 Å². The number of aliphatic hydroxyl groups is 2. The third kappa shape index (κ3) is 55.8. The van der Waals surface area contributed by atoms with Crippen LogP contribution in [0.4, 0.5) is 0 Å². The molecule has 3 N–H and O–H groups in total. The molecule has 0 aliphatic rings. The molecule has 0 aliphatic carbocycles. The highest BCUT2D eigenvalue weighted by Gasteiger charge is 2.18. The Bertz CT molecular complexity index is 1030. The zero-order chi connectivity index (χ0) is 50.0. The molecule has 0 aromatic rings. The van der Waals surface area contributed by atoms with E-state index in [9.17, 15) is 19.8 Å². The zero-order valence-corrected chi connectivity index (χ0v) is 46.8. The van der Waals surface area contributed by atoms with Gasteiger partial charge in [-0.15, -0.1) is 0 Å². The molecule has 0 aliphatic heterocycles. The number of hydrogen-bond acceptors (Lipinski definition) is 5. The summed E-state index contributed by atoms with van der Waals surface area (Å²) in [6, 6.07) is -0.622. The summed E-state index contributed by atoms with van der Waals surface area (Å²) in [7, 11) is 0. The lowest BCUT2D eigenvalue weighted by Crippen LogP contribution is -2.45. The smallest absolute Gasteiger partial charge is 0.305 e. The number of rotatable bonds is 59. The van der Waals surface area contributed by atoms with Gasteiger partial charge in [-0.05, 0) is 32.1 Å². The molecule has 0 aromatic heterocycles. The second-order valence-electron chi connectivity index (χ2n) is 21.8. The van der Waals surface area contributed by atoms with Crippen molar-refractivity contribution in [3.05, 3.63) is 12.2 Å². The maximum absolute atomic E-state index is 12.4. The lowest BCUT2D eigenvalue weighted by atomic mass is 10.0. The maximum Gasteiger partial charge on any atom is 0.305 e. The Labute approximate surface area is 431 Å². The van der Waals surface area contributed by atoms with E-state index in [1.54, 1.807) is 6.08 Å². The van der Waals surface area contributed by atoms with Crippen LogP contribution in [0.2, 0.25) is 0 Å². The fourth-order valence-electron chi connectivity index (χ4n) is 9.99. The summed E-state index contributed by atoms with van der Waals surface area (Å²) < 4.78 is 5.47. The van der Waals surface area contributed by atoms with Crippen LogP contribution in [0.15, 0.2) is 12.2 Å². The fourth-order valence-corrected chi connectivity index (χ4v) is 9.99. The van der Waals surface area contributed by atoms with Crippen LogP contribution in [0.3, 0.4) is 0 Å². The van der Waals surface area contributed by atoms with E-state index >= 15 is 0 Å². The third-order valence-electron chi connectivity index (χ3n) is 14.8. The van der Waals surface area contributed by atoms with Gasteiger partial charge in [-0.25, -0.2) is 0 Å². The van der Waals surface area contributed by atoms with E-state index in [2.05, 4.69) is 19.2 Å². The second-order valence-corrected chi connectivity index (χ2v) is 21.8. The van der Waals surface area contributed by atoms with Crippen LogP contribution in [0.5, 0.6) is 0 Å². The van der Waals surface area contributed by atoms with Crippen molar-refractivity contribution in [1.29, 1.82) is 0 Å².